The van der Waals surface area contributed by atoms with E-state index in [4.69, 9.17) is 14.2 Å². The van der Waals surface area contributed by atoms with Gasteiger partial charge in [0, 0.05) is 38.7 Å². The molecule has 0 saturated heterocycles. The molecule has 5 heteroatoms. The summed E-state index contributed by atoms with van der Waals surface area (Å²) in [6.45, 7) is 11.6. The van der Waals surface area contributed by atoms with Gasteiger partial charge >= 0.3 is 0 Å². The van der Waals surface area contributed by atoms with E-state index in [1.807, 2.05) is 61.5 Å². The van der Waals surface area contributed by atoms with Gasteiger partial charge in [-0.3, -0.25) is 4.79 Å². The third-order valence-corrected chi connectivity index (χ3v) is 10.9. The van der Waals surface area contributed by atoms with E-state index in [1.54, 1.807) is 7.11 Å². The molecule has 1 unspecified atom stereocenters. The van der Waals surface area contributed by atoms with Crippen molar-refractivity contribution in [3.63, 3.8) is 0 Å². The average Bonchev–Trinajstić information content (AvgIpc) is 3.41. The predicted octanol–water partition coefficient (Wildman–Crippen LogP) is 11.6. The molecule has 5 nitrogen and oxygen atoms in total. The Morgan fingerprint density at radius 1 is 0.774 bits per heavy atom. The van der Waals surface area contributed by atoms with E-state index in [2.05, 4.69) is 99.8 Å². The van der Waals surface area contributed by atoms with E-state index in [-0.39, 0.29) is 11.3 Å². The van der Waals surface area contributed by atoms with Crippen molar-refractivity contribution in [1.29, 1.82) is 0 Å². The highest BCUT2D eigenvalue weighted by atomic mass is 16.5. The number of hydrogen-bond donors (Lipinski definition) is 1. The van der Waals surface area contributed by atoms with Gasteiger partial charge < -0.3 is 19.5 Å². The van der Waals surface area contributed by atoms with Crippen molar-refractivity contribution in [3.05, 3.63) is 160 Å². The number of nitrogens with one attached hydrogen (secondary N) is 1. The number of hydrogen-bond acceptors (Lipinski definition) is 4. The summed E-state index contributed by atoms with van der Waals surface area (Å²) in [4.78, 5) is 13.4. The predicted molar refractivity (Wildman–Crippen MR) is 216 cm³/mol. The Kier molecular flexibility index (Phi) is 8.61. The van der Waals surface area contributed by atoms with Crippen LogP contribution in [0.5, 0.6) is 17.2 Å². The lowest BCUT2D eigenvalue weighted by Crippen LogP contribution is -2.35. The Hall–Kier alpha value is -5.81. The number of carbonyl (C=O) groups is 1. The van der Waals surface area contributed by atoms with Crippen LogP contribution in [0.2, 0.25) is 0 Å². The SMILES string of the molecule is CCCCOc1ccc(C2(c3ccc(OC)cc3)C=Cc3c4c(c5cc(NC(=O)c6ccc(C)cc6)ccc5c3O2)-c2ccc(C)cc2C4(C)C)cc1. The molecule has 266 valence electrons. The zero-order valence-electron chi connectivity index (χ0n) is 31.3. The van der Waals surface area contributed by atoms with Crippen molar-refractivity contribution in [3.8, 4) is 28.4 Å². The highest BCUT2D eigenvalue weighted by Gasteiger charge is 2.44. The van der Waals surface area contributed by atoms with Gasteiger partial charge in [-0.05, 0) is 109 Å². The Balaban J connectivity index is 1.33. The van der Waals surface area contributed by atoms with Gasteiger partial charge in [0.25, 0.3) is 5.91 Å². The summed E-state index contributed by atoms with van der Waals surface area (Å²) >= 11 is 0. The van der Waals surface area contributed by atoms with Gasteiger partial charge in [-0.15, -0.1) is 0 Å². The molecule has 0 spiro atoms. The third-order valence-electron chi connectivity index (χ3n) is 10.9. The summed E-state index contributed by atoms with van der Waals surface area (Å²) < 4.78 is 19.1. The van der Waals surface area contributed by atoms with E-state index in [0.717, 1.165) is 68.8 Å². The van der Waals surface area contributed by atoms with Gasteiger partial charge in [-0.2, -0.15) is 0 Å². The fraction of sp³-hybridized carbons (Fsp3) is 0.229. The van der Waals surface area contributed by atoms with Crippen molar-refractivity contribution in [2.75, 3.05) is 19.0 Å². The summed E-state index contributed by atoms with van der Waals surface area (Å²) in [6, 6.07) is 37.0. The van der Waals surface area contributed by atoms with Gasteiger partial charge in [-0.1, -0.05) is 99.0 Å². The van der Waals surface area contributed by atoms with Crippen LogP contribution >= 0.6 is 0 Å². The molecule has 1 heterocycles. The minimum atomic E-state index is -0.938. The van der Waals surface area contributed by atoms with Crippen molar-refractivity contribution in [2.45, 2.75) is 58.5 Å². The van der Waals surface area contributed by atoms with Crippen LogP contribution in [0.1, 0.15) is 82.9 Å². The van der Waals surface area contributed by atoms with Crippen molar-refractivity contribution in [2.24, 2.45) is 0 Å². The lowest BCUT2D eigenvalue weighted by Gasteiger charge is -2.38. The molecule has 0 aromatic heterocycles. The zero-order chi connectivity index (χ0) is 36.9. The van der Waals surface area contributed by atoms with Gasteiger partial charge in [-0.25, -0.2) is 0 Å². The van der Waals surface area contributed by atoms with Crippen LogP contribution in [0.25, 0.3) is 28.0 Å². The number of methoxy groups -OCH3 is 1. The van der Waals surface area contributed by atoms with E-state index in [0.29, 0.717) is 12.2 Å². The largest absolute Gasteiger partial charge is 0.497 e. The molecule has 53 heavy (non-hydrogen) atoms. The van der Waals surface area contributed by atoms with Crippen molar-refractivity contribution >= 4 is 28.4 Å². The first-order chi connectivity index (χ1) is 25.6. The maximum Gasteiger partial charge on any atom is 0.255 e. The third kappa shape index (κ3) is 5.85. The van der Waals surface area contributed by atoms with E-state index in [1.165, 1.54) is 27.8 Å². The number of aryl methyl sites for hydroxylation is 2. The summed E-state index contributed by atoms with van der Waals surface area (Å²) in [7, 11) is 1.68. The molecule has 1 aliphatic carbocycles. The van der Waals surface area contributed by atoms with Crippen LogP contribution in [0.3, 0.4) is 0 Å². The van der Waals surface area contributed by atoms with Gasteiger partial charge in [0.1, 0.15) is 17.2 Å². The first kappa shape index (κ1) is 34.3. The van der Waals surface area contributed by atoms with Gasteiger partial charge in [0.05, 0.1) is 13.7 Å². The Morgan fingerprint density at radius 2 is 1.45 bits per heavy atom. The maximum absolute atomic E-state index is 13.4. The van der Waals surface area contributed by atoms with Crippen LogP contribution < -0.4 is 19.5 Å². The first-order valence-electron chi connectivity index (χ1n) is 18.5. The maximum atomic E-state index is 13.4. The van der Waals surface area contributed by atoms with Gasteiger partial charge in [0.2, 0.25) is 0 Å². The second kappa shape index (κ2) is 13.3. The summed E-state index contributed by atoms with van der Waals surface area (Å²) in [5.74, 6) is 2.29. The lowest BCUT2D eigenvalue weighted by molar-refractivity contribution is 0.102. The quantitative estimate of drug-likeness (QED) is 0.153. The Bertz CT molecular complexity index is 2390. The standard InChI is InChI=1S/C48H45NO4/c1-7-8-27-52-37-21-16-34(17-22-37)48(33-14-19-36(51-6)20-15-33)26-25-40-44-43(39-23-11-31(3)28-42(39)47(44,4)5)41-29-35(18-24-38(41)45(40)53-48)49-46(50)32-12-9-30(2)10-13-32/h9-26,28-29H,7-8,27H2,1-6H3,(H,49,50). The summed E-state index contributed by atoms with van der Waals surface area (Å²) in [6.07, 6.45) is 6.56. The fourth-order valence-electron chi connectivity index (χ4n) is 8.03. The molecular formula is C48H45NO4. The van der Waals surface area contributed by atoms with Crippen LogP contribution in [0, 0.1) is 13.8 Å². The Labute approximate surface area is 312 Å². The van der Waals surface area contributed by atoms with Crippen molar-refractivity contribution < 1.29 is 19.0 Å². The minimum Gasteiger partial charge on any atom is -0.497 e. The molecule has 0 saturated carbocycles. The molecule has 2 aliphatic rings. The zero-order valence-corrected chi connectivity index (χ0v) is 31.3. The van der Waals surface area contributed by atoms with E-state index < -0.39 is 5.60 Å². The van der Waals surface area contributed by atoms with Crippen LogP contribution in [0.15, 0.2) is 115 Å². The molecule has 1 atom stereocenters. The molecular weight excluding hydrogens is 655 g/mol. The monoisotopic (exact) mass is 699 g/mol. The number of rotatable bonds is 9. The molecule has 6 aromatic carbocycles. The van der Waals surface area contributed by atoms with E-state index in [9.17, 15) is 4.79 Å². The number of ether oxygens (including phenoxy) is 3. The molecule has 1 aliphatic heterocycles. The highest BCUT2D eigenvalue weighted by Crippen LogP contribution is 2.58. The van der Waals surface area contributed by atoms with Crippen LogP contribution in [-0.4, -0.2) is 19.6 Å². The summed E-state index contributed by atoms with van der Waals surface area (Å²) in [5, 5.41) is 5.20. The average molecular weight is 700 g/mol. The van der Waals surface area contributed by atoms with Crippen LogP contribution in [-0.2, 0) is 11.0 Å². The second-order valence-electron chi connectivity index (χ2n) is 14.9. The number of anilines is 1. The molecule has 6 aromatic rings. The number of benzene rings is 6. The number of unbranched alkanes of at least 4 members (excludes halogenated alkanes) is 1. The van der Waals surface area contributed by atoms with Crippen molar-refractivity contribution in [1.82, 2.24) is 0 Å². The first-order valence-corrected chi connectivity index (χ1v) is 18.5. The van der Waals surface area contributed by atoms with E-state index >= 15 is 0 Å². The molecule has 0 fully saturated rings. The van der Waals surface area contributed by atoms with Gasteiger partial charge in [0.15, 0.2) is 5.60 Å². The molecule has 0 radical (unpaired) electrons. The number of fused-ring (bicyclic) bond motifs is 8. The lowest BCUT2D eigenvalue weighted by atomic mass is 9.76. The molecule has 1 amide bonds. The molecule has 1 N–H and O–H groups in total. The Morgan fingerprint density at radius 3 is 2.13 bits per heavy atom. The van der Waals surface area contributed by atoms with Crippen LogP contribution in [0.4, 0.5) is 5.69 Å². The highest BCUT2D eigenvalue weighted by molar-refractivity contribution is 6.11. The fourth-order valence-corrected chi connectivity index (χ4v) is 8.03. The number of amides is 1. The minimum absolute atomic E-state index is 0.143. The second-order valence-corrected chi connectivity index (χ2v) is 14.9. The molecule has 8 rings (SSSR count). The smallest absolute Gasteiger partial charge is 0.255 e. The summed E-state index contributed by atoms with van der Waals surface area (Å²) in [5.41, 5.74) is 10.4. The number of carbonyl (C=O) groups excluding carboxylic acids is 1. The molecule has 0 bridgehead atoms. The normalized spacial score (nSPS) is 16.3. The topological polar surface area (TPSA) is 56.8 Å².